The molecule has 3 aromatic carbocycles. The van der Waals surface area contributed by atoms with Crippen LogP contribution in [0.4, 0.5) is 13.6 Å². The first-order chi connectivity index (χ1) is 17.3. The Hall–Kier alpha value is -3.27. The summed E-state index contributed by atoms with van der Waals surface area (Å²) in [6.07, 6.45) is -0.153. The molecule has 9 heteroatoms. The second-order valence-corrected chi connectivity index (χ2v) is 9.37. The number of rotatable bonds is 8. The van der Waals surface area contributed by atoms with Crippen LogP contribution in [0.2, 0.25) is 0 Å². The number of hydrogen-bond donors (Lipinski definition) is 0. The van der Waals surface area contributed by atoms with Gasteiger partial charge in [-0.15, -0.1) is 0 Å². The van der Waals surface area contributed by atoms with Crippen LogP contribution in [0.5, 0.6) is 0 Å². The minimum Gasteiger partial charge on any atom is -0.322 e. The number of imide groups is 1. The van der Waals surface area contributed by atoms with Crippen molar-refractivity contribution in [3.05, 3.63) is 101 Å². The summed E-state index contributed by atoms with van der Waals surface area (Å²) in [4.78, 5) is 35.0. The molecule has 0 spiro atoms. The normalized spacial score (nSPS) is 18.5. The van der Waals surface area contributed by atoms with Crippen molar-refractivity contribution < 1.29 is 27.6 Å². The monoisotopic (exact) mass is 512 g/mol. The number of urea groups is 1. The van der Waals surface area contributed by atoms with Gasteiger partial charge in [0.25, 0.3) is 0 Å². The van der Waals surface area contributed by atoms with Gasteiger partial charge in [0.15, 0.2) is 0 Å². The number of halogens is 2. The maximum Gasteiger partial charge on any atom is 0.327 e. The fourth-order valence-electron chi connectivity index (χ4n) is 4.54. The molecule has 3 atom stereocenters. The third-order valence-corrected chi connectivity index (χ3v) is 7.08. The smallest absolute Gasteiger partial charge is 0.322 e. The quantitative estimate of drug-likeness (QED) is 0.208. The van der Waals surface area contributed by atoms with Crippen LogP contribution in [0.3, 0.4) is 0 Å². The van der Waals surface area contributed by atoms with Gasteiger partial charge in [-0.25, -0.2) is 18.5 Å². The summed E-state index contributed by atoms with van der Waals surface area (Å²) in [5.41, 5.74) is 1.81. The average Bonchev–Trinajstić information content (AvgIpc) is 3.10. The Morgan fingerprint density at radius 2 is 1.64 bits per heavy atom. The maximum absolute atomic E-state index is 14.2. The van der Waals surface area contributed by atoms with Crippen LogP contribution in [0.25, 0.3) is 0 Å². The second-order valence-electron chi connectivity index (χ2n) is 8.60. The lowest BCUT2D eigenvalue weighted by Gasteiger charge is -2.26. The molecule has 0 radical (unpaired) electrons. The first-order valence-corrected chi connectivity index (χ1v) is 12.1. The van der Waals surface area contributed by atoms with Crippen molar-refractivity contribution in [1.82, 2.24) is 9.80 Å². The van der Waals surface area contributed by atoms with E-state index in [1.807, 2.05) is 37.3 Å². The van der Waals surface area contributed by atoms with Crippen molar-refractivity contribution >= 4 is 24.0 Å². The van der Waals surface area contributed by atoms with Gasteiger partial charge < -0.3 is 4.90 Å². The summed E-state index contributed by atoms with van der Waals surface area (Å²) in [5, 5.41) is 0. The molecule has 0 N–H and O–H groups in total. The minimum absolute atomic E-state index is 0.153. The van der Waals surface area contributed by atoms with Crippen LogP contribution >= 0.6 is 12.0 Å². The number of benzene rings is 3. The van der Waals surface area contributed by atoms with E-state index in [0.29, 0.717) is 11.1 Å². The Morgan fingerprint density at radius 1 is 1.00 bits per heavy atom. The Morgan fingerprint density at radius 3 is 2.25 bits per heavy atom. The van der Waals surface area contributed by atoms with Crippen molar-refractivity contribution in [2.24, 2.45) is 0 Å². The molecule has 3 amide bonds. The molecule has 6 nitrogen and oxygen atoms in total. The van der Waals surface area contributed by atoms with E-state index in [0.717, 1.165) is 28.6 Å². The Bertz CT molecular complexity index is 1210. The fraction of sp³-hybridized carbons (Fsp3) is 0.259. The highest BCUT2D eigenvalue weighted by atomic mass is 32.2. The lowest BCUT2D eigenvalue weighted by Crippen LogP contribution is -2.37. The predicted octanol–water partition coefficient (Wildman–Crippen LogP) is 6.10. The van der Waals surface area contributed by atoms with Crippen molar-refractivity contribution in [3.8, 4) is 0 Å². The van der Waals surface area contributed by atoms with Crippen LogP contribution in [0, 0.1) is 11.6 Å². The van der Waals surface area contributed by atoms with Gasteiger partial charge >= 0.3 is 6.03 Å². The molecule has 188 valence electrons. The third-order valence-electron chi connectivity index (χ3n) is 6.41. The van der Waals surface area contributed by atoms with E-state index in [1.54, 1.807) is 31.3 Å². The van der Waals surface area contributed by atoms with Crippen molar-refractivity contribution in [1.29, 1.82) is 0 Å². The van der Waals surface area contributed by atoms with Gasteiger partial charge in [0.2, 0.25) is 5.91 Å². The first kappa shape index (κ1) is 25.8. The van der Waals surface area contributed by atoms with E-state index >= 15 is 0 Å². The number of carbonyl (C=O) groups is 2. The van der Waals surface area contributed by atoms with Crippen LogP contribution in [0.1, 0.15) is 42.0 Å². The maximum atomic E-state index is 14.2. The molecule has 1 aliphatic heterocycles. The third kappa shape index (κ3) is 5.43. The van der Waals surface area contributed by atoms with Crippen LogP contribution in [-0.2, 0) is 14.0 Å². The molecule has 1 saturated heterocycles. The Balaban J connectivity index is 1.69. The van der Waals surface area contributed by atoms with Gasteiger partial charge in [-0.1, -0.05) is 42.5 Å². The average molecular weight is 513 g/mol. The largest absolute Gasteiger partial charge is 0.327 e. The van der Waals surface area contributed by atoms with E-state index in [2.05, 4.69) is 4.89 Å². The molecule has 1 heterocycles. The van der Waals surface area contributed by atoms with Crippen molar-refractivity contribution in [2.75, 3.05) is 14.2 Å². The zero-order valence-corrected chi connectivity index (χ0v) is 20.9. The highest BCUT2D eigenvalue weighted by Gasteiger charge is 2.45. The van der Waals surface area contributed by atoms with Gasteiger partial charge in [0, 0.05) is 30.3 Å². The molecule has 4 rings (SSSR count). The van der Waals surface area contributed by atoms with Crippen molar-refractivity contribution in [3.63, 3.8) is 0 Å². The van der Waals surface area contributed by atoms with Crippen LogP contribution in [0.15, 0.2) is 77.7 Å². The predicted molar refractivity (Wildman–Crippen MR) is 132 cm³/mol. The van der Waals surface area contributed by atoms with Gasteiger partial charge in [-0.2, -0.15) is 4.33 Å². The molecule has 36 heavy (non-hydrogen) atoms. The molecule has 0 aromatic heterocycles. The summed E-state index contributed by atoms with van der Waals surface area (Å²) in [7, 11) is 3.05. The number of carbonyl (C=O) groups excluding carboxylic acids is 2. The van der Waals surface area contributed by atoms with E-state index < -0.39 is 35.5 Å². The second kappa shape index (κ2) is 11.2. The molecule has 1 unspecified atom stereocenters. The summed E-state index contributed by atoms with van der Waals surface area (Å²) in [6, 6.07) is 18.5. The van der Waals surface area contributed by atoms with E-state index in [4.69, 9.17) is 4.33 Å². The van der Waals surface area contributed by atoms with Crippen molar-refractivity contribution in [2.45, 2.75) is 36.2 Å². The highest BCUT2D eigenvalue weighted by molar-refractivity contribution is 7.94. The zero-order chi connectivity index (χ0) is 25.8. The topological polar surface area (TPSA) is 59.1 Å². The standard InChI is InChI=1S/C27H26F2N2O4S/c1-17-26(19-7-5-4-6-8-19)31(27(33)30(17)2)25(32)16-24(20-13-21(28)15-22(29)14-20)18-9-11-23(12-10-18)36-35-34-3/h4-15,17,24,26H,16H2,1-3H3/t17-,24?,26-/m0/s1. The number of nitrogens with zero attached hydrogens (tertiary/aromatic N) is 2. The lowest BCUT2D eigenvalue weighted by molar-refractivity contribution is -0.160. The summed E-state index contributed by atoms with van der Waals surface area (Å²) in [6.45, 7) is 1.89. The first-order valence-electron chi connectivity index (χ1n) is 11.4. The van der Waals surface area contributed by atoms with Gasteiger partial charge in [-0.3, -0.25) is 9.69 Å². The highest BCUT2D eigenvalue weighted by Crippen LogP contribution is 2.38. The minimum atomic E-state index is -0.740. The van der Waals surface area contributed by atoms with E-state index in [1.165, 1.54) is 29.0 Å². The summed E-state index contributed by atoms with van der Waals surface area (Å²) < 4.78 is 33.2. The Kier molecular flexibility index (Phi) is 8.03. The Labute approximate surface area is 212 Å². The molecule has 1 fully saturated rings. The van der Waals surface area contributed by atoms with E-state index in [9.17, 15) is 18.4 Å². The molecular formula is C27H26F2N2O4S. The lowest BCUT2D eigenvalue weighted by atomic mass is 9.87. The summed E-state index contributed by atoms with van der Waals surface area (Å²) in [5.74, 6) is -2.59. The van der Waals surface area contributed by atoms with Gasteiger partial charge in [0.05, 0.1) is 31.2 Å². The number of amides is 3. The molecule has 1 aliphatic rings. The number of hydrogen-bond acceptors (Lipinski definition) is 5. The van der Waals surface area contributed by atoms with E-state index in [-0.39, 0.29) is 12.5 Å². The molecule has 0 saturated carbocycles. The van der Waals surface area contributed by atoms with Gasteiger partial charge in [-0.05, 0) is 47.9 Å². The van der Waals surface area contributed by atoms with Gasteiger partial charge in [0.1, 0.15) is 11.6 Å². The molecular weight excluding hydrogens is 486 g/mol. The zero-order valence-electron chi connectivity index (χ0n) is 20.1. The molecule has 3 aromatic rings. The van der Waals surface area contributed by atoms with Crippen LogP contribution in [-0.4, -0.2) is 41.9 Å². The molecule has 0 aliphatic carbocycles. The molecule has 0 bridgehead atoms. The van der Waals surface area contributed by atoms with Crippen LogP contribution < -0.4 is 0 Å². The summed E-state index contributed by atoms with van der Waals surface area (Å²) >= 11 is 1.01. The SMILES string of the molecule is COOSc1ccc(C(CC(=O)N2C(=O)N(C)[C@@H](C)[C@H]2c2ccccc2)c2cc(F)cc(F)c2)cc1. The number of likely N-dealkylation sites (N-methyl/N-ethyl adjacent to an activating group) is 1. The fourth-order valence-corrected chi connectivity index (χ4v) is 4.93.